The third kappa shape index (κ3) is 5.95. The lowest BCUT2D eigenvalue weighted by Gasteiger charge is -2.29. The smallest absolute Gasteiger partial charge is 0.254 e. The molecule has 0 spiro atoms. The van der Waals surface area contributed by atoms with E-state index in [1.54, 1.807) is 47.7 Å². The number of carbonyl (C=O) groups is 2. The molecule has 7 nitrogen and oxygen atoms in total. The van der Waals surface area contributed by atoms with E-state index >= 15 is 0 Å². The number of aliphatic hydroxyl groups excluding tert-OH is 1. The van der Waals surface area contributed by atoms with E-state index in [-0.39, 0.29) is 29.7 Å². The number of thiazole rings is 1. The van der Waals surface area contributed by atoms with E-state index in [9.17, 15) is 19.1 Å². The Kier molecular flexibility index (Phi) is 8.16. The Balaban J connectivity index is 1.32. The Morgan fingerprint density at radius 2 is 1.97 bits per heavy atom. The van der Waals surface area contributed by atoms with Gasteiger partial charge in [-0.1, -0.05) is 18.2 Å². The van der Waals surface area contributed by atoms with E-state index in [0.29, 0.717) is 24.1 Å². The number of halogens is 1. The van der Waals surface area contributed by atoms with Crippen LogP contribution in [0, 0.1) is 12.7 Å². The number of rotatable bonds is 8. The number of nitrogens with one attached hydrogen (secondary N) is 2. The van der Waals surface area contributed by atoms with E-state index in [1.165, 1.54) is 12.1 Å². The summed E-state index contributed by atoms with van der Waals surface area (Å²) in [4.78, 5) is 33.3. The van der Waals surface area contributed by atoms with Crippen LogP contribution < -0.4 is 10.6 Å². The van der Waals surface area contributed by atoms with Crippen LogP contribution in [0.1, 0.15) is 68.7 Å². The van der Waals surface area contributed by atoms with E-state index in [1.807, 2.05) is 17.2 Å². The lowest BCUT2D eigenvalue weighted by Crippen LogP contribution is -2.52. The molecule has 2 aromatic carbocycles. The second kappa shape index (κ2) is 11.7. The molecule has 2 amide bonds. The molecule has 0 radical (unpaired) electrons. The number of hydrogen-bond acceptors (Lipinski definition) is 6. The summed E-state index contributed by atoms with van der Waals surface area (Å²) in [6, 6.07) is 12.1. The van der Waals surface area contributed by atoms with Crippen molar-refractivity contribution in [2.75, 3.05) is 13.1 Å². The fourth-order valence-electron chi connectivity index (χ4n) is 5.42. The second-order valence-electron chi connectivity index (χ2n) is 10.2. The highest BCUT2D eigenvalue weighted by Gasteiger charge is 2.34. The molecule has 1 aromatic heterocycles. The van der Waals surface area contributed by atoms with Gasteiger partial charge in [-0.25, -0.2) is 9.37 Å². The quantitative estimate of drug-likeness (QED) is 0.404. The fraction of sp³-hybridized carbons (Fsp3) is 0.414. The molecule has 5 rings (SSSR count). The van der Waals surface area contributed by atoms with Crippen molar-refractivity contribution in [3.63, 3.8) is 0 Å². The van der Waals surface area contributed by atoms with Crippen LogP contribution in [0.3, 0.4) is 0 Å². The van der Waals surface area contributed by atoms with Crippen molar-refractivity contribution in [2.45, 2.75) is 63.3 Å². The van der Waals surface area contributed by atoms with Gasteiger partial charge in [-0.05, 0) is 81.5 Å². The molecule has 3 aromatic rings. The van der Waals surface area contributed by atoms with Crippen molar-refractivity contribution < 1.29 is 19.1 Å². The first-order valence-corrected chi connectivity index (χ1v) is 14.1. The zero-order valence-electron chi connectivity index (χ0n) is 21.4. The summed E-state index contributed by atoms with van der Waals surface area (Å²) >= 11 is 1.57. The Bertz CT molecular complexity index is 1270. The number of aryl methyl sites for hydroxylation is 1. The average Bonchev–Trinajstić information content (AvgIpc) is 3.71. The summed E-state index contributed by atoms with van der Waals surface area (Å²) in [5.74, 6) is -0.815. The fourth-order valence-corrected chi connectivity index (χ4v) is 6.36. The highest BCUT2D eigenvalue weighted by atomic mass is 32.1. The maximum atomic E-state index is 13.5. The highest BCUT2D eigenvalue weighted by molar-refractivity contribution is 7.09. The maximum Gasteiger partial charge on any atom is 0.254 e. The van der Waals surface area contributed by atoms with Crippen molar-refractivity contribution >= 4 is 23.2 Å². The molecule has 0 saturated carbocycles. The van der Waals surface area contributed by atoms with Crippen LogP contribution in [0.5, 0.6) is 0 Å². The topological polar surface area (TPSA) is 94.6 Å². The average molecular weight is 537 g/mol. The zero-order valence-corrected chi connectivity index (χ0v) is 22.2. The Morgan fingerprint density at radius 3 is 2.68 bits per heavy atom. The number of benzene rings is 2. The van der Waals surface area contributed by atoms with Gasteiger partial charge < -0.3 is 20.6 Å². The molecule has 9 heteroatoms. The standard InChI is InChI=1S/C29H33FN4O3S/c1-18-17-38-28(32-18)25-8-4-14-34(25)29(37)21-6-2-5-20(16-21)27(36)33-24(26(35)23-7-3-13-31-23)15-19-9-11-22(30)12-10-19/h2,5-6,9-12,16-17,23-26,31,35H,3-4,7-8,13-15H2,1H3,(H,33,36). The second-order valence-corrected chi connectivity index (χ2v) is 11.1. The molecule has 2 aliphatic rings. The van der Waals surface area contributed by atoms with E-state index in [4.69, 9.17) is 0 Å². The molecule has 2 saturated heterocycles. The molecular formula is C29H33FN4O3S. The van der Waals surface area contributed by atoms with Crippen LogP contribution in [0.4, 0.5) is 4.39 Å². The van der Waals surface area contributed by atoms with Crippen molar-refractivity contribution in [2.24, 2.45) is 0 Å². The van der Waals surface area contributed by atoms with E-state index < -0.39 is 12.1 Å². The van der Waals surface area contributed by atoms with Gasteiger partial charge in [0.05, 0.1) is 18.2 Å². The SMILES string of the molecule is Cc1csc(C2CCCN2C(=O)c2cccc(C(=O)NC(Cc3ccc(F)cc3)C(O)C3CCCN3)c2)n1. The number of carbonyl (C=O) groups excluding carboxylic acids is 2. The lowest BCUT2D eigenvalue weighted by molar-refractivity contribution is 0.0733. The van der Waals surface area contributed by atoms with Crippen LogP contribution in [0.15, 0.2) is 53.9 Å². The molecule has 3 N–H and O–H groups in total. The summed E-state index contributed by atoms with van der Waals surface area (Å²) in [5.41, 5.74) is 2.57. The molecule has 3 heterocycles. The van der Waals surface area contributed by atoms with Crippen LogP contribution in [0.2, 0.25) is 0 Å². The van der Waals surface area contributed by atoms with Crippen LogP contribution in [0.25, 0.3) is 0 Å². The van der Waals surface area contributed by atoms with Gasteiger partial charge in [-0.3, -0.25) is 9.59 Å². The minimum Gasteiger partial charge on any atom is -0.389 e. The summed E-state index contributed by atoms with van der Waals surface area (Å²) in [6.45, 7) is 3.42. The third-order valence-electron chi connectivity index (χ3n) is 7.42. The third-order valence-corrected chi connectivity index (χ3v) is 8.48. The summed E-state index contributed by atoms with van der Waals surface area (Å²) in [5, 5.41) is 20.4. The lowest BCUT2D eigenvalue weighted by atomic mass is 9.95. The van der Waals surface area contributed by atoms with Crippen molar-refractivity contribution in [3.8, 4) is 0 Å². The normalized spacial score (nSPS) is 20.9. The zero-order chi connectivity index (χ0) is 26.6. The van der Waals surface area contributed by atoms with Gasteiger partial charge >= 0.3 is 0 Å². The Hall–Kier alpha value is -3.14. The number of likely N-dealkylation sites (tertiary alicyclic amines) is 1. The monoisotopic (exact) mass is 536 g/mol. The van der Waals surface area contributed by atoms with Gasteiger partial charge in [-0.2, -0.15) is 0 Å². The van der Waals surface area contributed by atoms with Gasteiger partial charge in [0.2, 0.25) is 0 Å². The van der Waals surface area contributed by atoms with E-state index in [2.05, 4.69) is 15.6 Å². The first kappa shape index (κ1) is 26.5. The van der Waals surface area contributed by atoms with Crippen LogP contribution in [-0.2, 0) is 6.42 Å². The molecule has 38 heavy (non-hydrogen) atoms. The number of amides is 2. The number of nitrogens with zero attached hydrogens (tertiary/aromatic N) is 2. The first-order valence-electron chi connectivity index (χ1n) is 13.2. The van der Waals surface area contributed by atoms with Gasteiger partial charge in [0.15, 0.2) is 0 Å². The predicted octanol–water partition coefficient (Wildman–Crippen LogP) is 4.02. The van der Waals surface area contributed by atoms with Crippen molar-refractivity contribution in [3.05, 3.63) is 87.1 Å². The molecule has 200 valence electrons. The molecular weight excluding hydrogens is 503 g/mol. The van der Waals surface area contributed by atoms with Gasteiger partial charge in [0, 0.05) is 34.8 Å². The van der Waals surface area contributed by atoms with Crippen LogP contribution >= 0.6 is 11.3 Å². The van der Waals surface area contributed by atoms with Gasteiger partial charge in [0.1, 0.15) is 10.8 Å². The summed E-state index contributed by atoms with van der Waals surface area (Å²) in [7, 11) is 0. The molecule has 4 atom stereocenters. The Morgan fingerprint density at radius 1 is 1.18 bits per heavy atom. The molecule has 2 fully saturated rings. The minimum atomic E-state index is -0.816. The minimum absolute atomic E-state index is 0.0483. The maximum absolute atomic E-state index is 13.5. The highest BCUT2D eigenvalue weighted by Crippen LogP contribution is 2.34. The molecule has 4 unspecified atom stereocenters. The predicted molar refractivity (Wildman–Crippen MR) is 145 cm³/mol. The largest absolute Gasteiger partial charge is 0.389 e. The van der Waals surface area contributed by atoms with Gasteiger partial charge in [0.25, 0.3) is 11.8 Å². The number of aromatic nitrogens is 1. The first-order chi connectivity index (χ1) is 18.4. The molecule has 0 bridgehead atoms. The molecule has 0 aliphatic carbocycles. The summed E-state index contributed by atoms with van der Waals surface area (Å²) in [6.07, 6.45) is 3.10. The number of hydrogen-bond donors (Lipinski definition) is 3. The number of aliphatic hydroxyl groups is 1. The Labute approximate surface area is 226 Å². The molecule has 2 aliphatic heterocycles. The van der Waals surface area contributed by atoms with Crippen molar-refractivity contribution in [1.29, 1.82) is 0 Å². The van der Waals surface area contributed by atoms with Gasteiger partial charge in [-0.15, -0.1) is 11.3 Å². The van der Waals surface area contributed by atoms with E-state index in [0.717, 1.165) is 48.5 Å². The summed E-state index contributed by atoms with van der Waals surface area (Å²) < 4.78 is 13.4. The van der Waals surface area contributed by atoms with Crippen molar-refractivity contribution in [1.82, 2.24) is 20.5 Å². The van der Waals surface area contributed by atoms with Crippen LogP contribution in [-0.4, -0.2) is 58.1 Å².